The van der Waals surface area contributed by atoms with Crippen molar-refractivity contribution in [2.75, 3.05) is 23.4 Å². The Bertz CT molecular complexity index is 1080. The standard InChI is InChI=1S/C20H25ClN2O5S2/c1-15(16-6-12-19(13-7-16)29(2,25)26)22-20(24)5-4-14-23(30(3,27)28)18-10-8-17(21)9-11-18/h6-13,15H,4-5,14H2,1-3H3,(H,22,24)/t15-/m1/s1. The minimum atomic E-state index is -3.50. The Morgan fingerprint density at radius 3 is 2.07 bits per heavy atom. The van der Waals surface area contributed by atoms with Gasteiger partial charge in [0.1, 0.15) is 0 Å². The molecule has 30 heavy (non-hydrogen) atoms. The number of sulfone groups is 1. The van der Waals surface area contributed by atoms with E-state index in [1.807, 2.05) is 0 Å². The monoisotopic (exact) mass is 472 g/mol. The highest BCUT2D eigenvalue weighted by Crippen LogP contribution is 2.21. The number of rotatable bonds is 9. The van der Waals surface area contributed by atoms with Gasteiger partial charge in [0.25, 0.3) is 0 Å². The molecule has 2 aromatic rings. The molecule has 0 unspecified atom stereocenters. The molecule has 0 fully saturated rings. The van der Waals surface area contributed by atoms with E-state index in [1.165, 1.54) is 16.4 Å². The fourth-order valence-electron chi connectivity index (χ4n) is 2.88. The van der Waals surface area contributed by atoms with E-state index >= 15 is 0 Å². The van der Waals surface area contributed by atoms with Gasteiger partial charge in [-0.1, -0.05) is 23.7 Å². The average molecular weight is 473 g/mol. The van der Waals surface area contributed by atoms with Crippen LogP contribution in [-0.4, -0.2) is 41.8 Å². The molecule has 1 atom stereocenters. The van der Waals surface area contributed by atoms with E-state index in [0.29, 0.717) is 17.1 Å². The Morgan fingerprint density at radius 2 is 1.57 bits per heavy atom. The quantitative estimate of drug-likeness (QED) is 0.604. The van der Waals surface area contributed by atoms with E-state index in [0.717, 1.165) is 18.1 Å². The topological polar surface area (TPSA) is 101 Å². The molecule has 0 heterocycles. The van der Waals surface area contributed by atoms with E-state index < -0.39 is 19.9 Å². The van der Waals surface area contributed by atoms with Gasteiger partial charge in [0.2, 0.25) is 15.9 Å². The third kappa shape index (κ3) is 7.00. The number of carbonyl (C=O) groups excluding carboxylic acids is 1. The molecule has 0 radical (unpaired) electrons. The number of hydrogen-bond acceptors (Lipinski definition) is 5. The molecule has 10 heteroatoms. The lowest BCUT2D eigenvalue weighted by atomic mass is 10.1. The van der Waals surface area contributed by atoms with Crippen LogP contribution in [0, 0.1) is 0 Å². The summed E-state index contributed by atoms with van der Waals surface area (Å²) >= 11 is 5.86. The van der Waals surface area contributed by atoms with E-state index in [2.05, 4.69) is 5.32 Å². The van der Waals surface area contributed by atoms with Crippen molar-refractivity contribution in [2.45, 2.75) is 30.7 Å². The fraction of sp³-hybridized carbons (Fsp3) is 0.350. The molecule has 2 aromatic carbocycles. The van der Waals surface area contributed by atoms with Crippen molar-refractivity contribution in [2.24, 2.45) is 0 Å². The van der Waals surface area contributed by atoms with Crippen molar-refractivity contribution < 1.29 is 21.6 Å². The number of anilines is 1. The maximum absolute atomic E-state index is 12.3. The van der Waals surface area contributed by atoms with Crippen LogP contribution in [0.4, 0.5) is 5.69 Å². The number of carbonyl (C=O) groups is 1. The first-order valence-corrected chi connectivity index (χ1v) is 13.3. The SMILES string of the molecule is C[C@@H](NC(=O)CCCN(c1ccc(Cl)cc1)S(C)(=O)=O)c1ccc(S(C)(=O)=O)cc1. The van der Waals surface area contributed by atoms with Crippen LogP contribution >= 0.6 is 11.6 Å². The van der Waals surface area contributed by atoms with Crippen molar-refractivity contribution in [3.63, 3.8) is 0 Å². The Labute approximate surface area is 183 Å². The highest BCUT2D eigenvalue weighted by molar-refractivity contribution is 7.92. The van der Waals surface area contributed by atoms with E-state index in [9.17, 15) is 21.6 Å². The minimum Gasteiger partial charge on any atom is -0.350 e. The number of hydrogen-bond donors (Lipinski definition) is 1. The van der Waals surface area contributed by atoms with Crippen molar-refractivity contribution >= 4 is 43.1 Å². The zero-order chi connectivity index (χ0) is 22.5. The lowest BCUT2D eigenvalue weighted by Crippen LogP contribution is -2.32. The number of amides is 1. The van der Waals surface area contributed by atoms with Crippen LogP contribution in [0.3, 0.4) is 0 Å². The molecule has 0 saturated carbocycles. The molecular formula is C20H25ClN2O5S2. The first-order chi connectivity index (χ1) is 13.9. The van der Waals surface area contributed by atoms with Gasteiger partial charge in [0.15, 0.2) is 9.84 Å². The van der Waals surface area contributed by atoms with Crippen LogP contribution in [0.5, 0.6) is 0 Å². The fourth-order valence-corrected chi connectivity index (χ4v) is 4.60. The number of sulfonamides is 1. The number of nitrogens with zero attached hydrogens (tertiary/aromatic N) is 1. The van der Waals surface area contributed by atoms with Gasteiger partial charge in [-0.15, -0.1) is 0 Å². The van der Waals surface area contributed by atoms with E-state index in [-0.39, 0.29) is 29.8 Å². The summed E-state index contributed by atoms with van der Waals surface area (Å²) in [7, 11) is -6.78. The van der Waals surface area contributed by atoms with E-state index in [4.69, 9.17) is 11.6 Å². The second-order valence-electron chi connectivity index (χ2n) is 7.05. The predicted molar refractivity (Wildman–Crippen MR) is 119 cm³/mol. The van der Waals surface area contributed by atoms with Crippen molar-refractivity contribution in [3.05, 3.63) is 59.1 Å². The van der Waals surface area contributed by atoms with Gasteiger partial charge >= 0.3 is 0 Å². The van der Waals surface area contributed by atoms with Gasteiger partial charge in [-0.05, 0) is 55.3 Å². The molecule has 0 spiro atoms. The second-order valence-corrected chi connectivity index (χ2v) is 11.4. The summed E-state index contributed by atoms with van der Waals surface area (Å²) < 4.78 is 48.5. The highest BCUT2D eigenvalue weighted by Gasteiger charge is 2.18. The number of halogens is 1. The van der Waals surface area contributed by atoms with Gasteiger partial charge in [-0.25, -0.2) is 16.8 Å². The predicted octanol–water partition coefficient (Wildman–Crippen LogP) is 3.17. The third-order valence-corrected chi connectivity index (χ3v) is 7.04. The zero-order valence-corrected chi connectivity index (χ0v) is 19.4. The van der Waals surface area contributed by atoms with Gasteiger partial charge < -0.3 is 5.32 Å². The molecule has 0 bridgehead atoms. The smallest absolute Gasteiger partial charge is 0.232 e. The lowest BCUT2D eigenvalue weighted by Gasteiger charge is -2.22. The average Bonchev–Trinajstić information content (AvgIpc) is 2.64. The first-order valence-electron chi connectivity index (χ1n) is 9.20. The highest BCUT2D eigenvalue weighted by atomic mass is 35.5. The Kier molecular flexibility index (Phi) is 7.90. The van der Waals surface area contributed by atoms with Crippen LogP contribution in [0.1, 0.15) is 31.4 Å². The summed E-state index contributed by atoms with van der Waals surface area (Å²) in [6.07, 6.45) is 2.73. The van der Waals surface area contributed by atoms with Crippen LogP contribution in [-0.2, 0) is 24.7 Å². The summed E-state index contributed by atoms with van der Waals surface area (Å²) in [6.45, 7) is 1.95. The molecule has 0 aliphatic rings. The third-order valence-electron chi connectivity index (χ3n) is 4.47. The number of nitrogens with one attached hydrogen (secondary N) is 1. The van der Waals surface area contributed by atoms with Gasteiger partial charge in [0, 0.05) is 24.2 Å². The minimum absolute atomic E-state index is 0.144. The zero-order valence-electron chi connectivity index (χ0n) is 17.0. The van der Waals surface area contributed by atoms with Gasteiger partial charge in [-0.3, -0.25) is 9.10 Å². The molecule has 7 nitrogen and oxygen atoms in total. The summed E-state index contributed by atoms with van der Waals surface area (Å²) in [5.41, 5.74) is 1.26. The molecule has 0 aromatic heterocycles. The molecule has 0 saturated heterocycles. The molecule has 2 rings (SSSR count). The normalized spacial score (nSPS) is 12.9. The Balaban J connectivity index is 1.93. The molecule has 1 N–H and O–H groups in total. The van der Waals surface area contributed by atoms with Crippen LogP contribution < -0.4 is 9.62 Å². The Hall–Kier alpha value is -2.10. The first kappa shape index (κ1) is 24.2. The van der Waals surface area contributed by atoms with Crippen molar-refractivity contribution in [1.29, 1.82) is 0 Å². The van der Waals surface area contributed by atoms with Gasteiger partial charge in [0.05, 0.1) is 22.9 Å². The van der Waals surface area contributed by atoms with Gasteiger partial charge in [-0.2, -0.15) is 0 Å². The maximum Gasteiger partial charge on any atom is 0.232 e. The molecule has 0 aliphatic heterocycles. The second kappa shape index (κ2) is 9.80. The number of benzene rings is 2. The lowest BCUT2D eigenvalue weighted by molar-refractivity contribution is -0.121. The van der Waals surface area contributed by atoms with Crippen LogP contribution in [0.15, 0.2) is 53.4 Å². The van der Waals surface area contributed by atoms with Crippen LogP contribution in [0.2, 0.25) is 5.02 Å². The summed E-state index contributed by atoms with van der Waals surface area (Å²) in [5.74, 6) is -0.223. The van der Waals surface area contributed by atoms with E-state index in [1.54, 1.807) is 43.3 Å². The summed E-state index contributed by atoms with van der Waals surface area (Å²) in [4.78, 5) is 12.5. The summed E-state index contributed by atoms with van der Waals surface area (Å²) in [5, 5.41) is 3.35. The van der Waals surface area contributed by atoms with Crippen molar-refractivity contribution in [3.8, 4) is 0 Å². The molecule has 1 amide bonds. The molecular weight excluding hydrogens is 448 g/mol. The Morgan fingerprint density at radius 1 is 1.00 bits per heavy atom. The van der Waals surface area contributed by atoms with Crippen LogP contribution in [0.25, 0.3) is 0 Å². The summed E-state index contributed by atoms with van der Waals surface area (Å²) in [6, 6.07) is 12.5. The molecule has 164 valence electrons. The van der Waals surface area contributed by atoms with Crippen molar-refractivity contribution in [1.82, 2.24) is 5.32 Å². The largest absolute Gasteiger partial charge is 0.350 e. The molecule has 0 aliphatic carbocycles. The maximum atomic E-state index is 12.3.